The third-order valence-corrected chi connectivity index (χ3v) is 4.66. The first-order valence-electron chi connectivity index (χ1n) is 7.37. The highest BCUT2D eigenvalue weighted by Crippen LogP contribution is 2.36. The first kappa shape index (κ1) is 13.6. The minimum Gasteiger partial charge on any atom is -0.331 e. The van der Waals surface area contributed by atoms with E-state index in [9.17, 15) is 0 Å². The lowest BCUT2D eigenvalue weighted by molar-refractivity contribution is 0.340. The summed E-state index contributed by atoms with van der Waals surface area (Å²) in [6.45, 7) is 7.54. The van der Waals surface area contributed by atoms with Crippen LogP contribution in [0.4, 0.5) is 0 Å². The van der Waals surface area contributed by atoms with Crippen LogP contribution in [0.3, 0.4) is 0 Å². The molecule has 1 heterocycles. The molecule has 0 saturated heterocycles. The molecule has 102 valence electrons. The highest BCUT2D eigenvalue weighted by atomic mass is 15.1. The standard InChI is InChI=1S/C15H27N3/c1-11(2)14(8-16)15-9-17-10-18(15)12(3)13-6-4-5-7-13/h9-14H,4-8,16H2,1-3H3. The van der Waals surface area contributed by atoms with Crippen LogP contribution in [0, 0.1) is 11.8 Å². The molecule has 3 nitrogen and oxygen atoms in total. The van der Waals surface area contributed by atoms with Crippen molar-refractivity contribution in [3.63, 3.8) is 0 Å². The Morgan fingerprint density at radius 3 is 2.56 bits per heavy atom. The molecule has 0 aliphatic heterocycles. The van der Waals surface area contributed by atoms with Crippen molar-refractivity contribution in [2.75, 3.05) is 6.54 Å². The van der Waals surface area contributed by atoms with Gasteiger partial charge in [-0.05, 0) is 31.6 Å². The van der Waals surface area contributed by atoms with Gasteiger partial charge in [0.1, 0.15) is 0 Å². The van der Waals surface area contributed by atoms with Crippen LogP contribution >= 0.6 is 0 Å². The SMILES string of the molecule is CC(C)C(CN)c1cncn1C(C)C1CCCC1. The maximum Gasteiger partial charge on any atom is 0.0950 e. The second-order valence-electron chi connectivity index (χ2n) is 6.10. The Morgan fingerprint density at radius 1 is 1.33 bits per heavy atom. The molecule has 1 fully saturated rings. The van der Waals surface area contributed by atoms with Gasteiger partial charge in [0.2, 0.25) is 0 Å². The number of rotatable bonds is 5. The van der Waals surface area contributed by atoms with Crippen LogP contribution in [-0.2, 0) is 0 Å². The number of nitrogens with two attached hydrogens (primary N) is 1. The minimum atomic E-state index is 0.427. The van der Waals surface area contributed by atoms with Crippen molar-refractivity contribution in [3.05, 3.63) is 18.2 Å². The number of aromatic nitrogens is 2. The van der Waals surface area contributed by atoms with E-state index in [1.807, 2.05) is 12.5 Å². The average molecular weight is 249 g/mol. The zero-order chi connectivity index (χ0) is 13.1. The maximum absolute atomic E-state index is 5.95. The zero-order valence-electron chi connectivity index (χ0n) is 12.0. The van der Waals surface area contributed by atoms with E-state index in [0.29, 0.717) is 24.4 Å². The summed E-state index contributed by atoms with van der Waals surface area (Å²) in [5.41, 5.74) is 7.27. The van der Waals surface area contributed by atoms with Gasteiger partial charge in [0.25, 0.3) is 0 Å². The van der Waals surface area contributed by atoms with Crippen LogP contribution in [-0.4, -0.2) is 16.1 Å². The van der Waals surface area contributed by atoms with Crippen molar-refractivity contribution in [1.29, 1.82) is 0 Å². The molecule has 2 atom stereocenters. The number of hydrogen-bond acceptors (Lipinski definition) is 2. The van der Waals surface area contributed by atoms with Crippen molar-refractivity contribution >= 4 is 0 Å². The van der Waals surface area contributed by atoms with Gasteiger partial charge in [0.15, 0.2) is 0 Å². The second kappa shape index (κ2) is 5.87. The van der Waals surface area contributed by atoms with Crippen LogP contribution in [0.2, 0.25) is 0 Å². The Bertz CT molecular complexity index is 364. The fourth-order valence-corrected chi connectivity index (χ4v) is 3.34. The van der Waals surface area contributed by atoms with Gasteiger partial charge in [-0.15, -0.1) is 0 Å². The molecule has 1 aliphatic carbocycles. The van der Waals surface area contributed by atoms with Gasteiger partial charge in [-0.25, -0.2) is 4.98 Å². The predicted molar refractivity (Wildman–Crippen MR) is 75.5 cm³/mol. The van der Waals surface area contributed by atoms with E-state index in [-0.39, 0.29) is 0 Å². The summed E-state index contributed by atoms with van der Waals surface area (Å²) in [6.07, 6.45) is 9.54. The summed E-state index contributed by atoms with van der Waals surface area (Å²) < 4.78 is 2.38. The molecule has 3 heteroatoms. The highest BCUT2D eigenvalue weighted by molar-refractivity contribution is 5.10. The minimum absolute atomic E-state index is 0.427. The fraction of sp³-hybridized carbons (Fsp3) is 0.800. The van der Waals surface area contributed by atoms with Gasteiger partial charge in [0.05, 0.1) is 6.33 Å². The largest absolute Gasteiger partial charge is 0.331 e. The second-order valence-corrected chi connectivity index (χ2v) is 6.10. The molecule has 1 aromatic heterocycles. The predicted octanol–water partition coefficient (Wildman–Crippen LogP) is 3.33. The van der Waals surface area contributed by atoms with E-state index in [4.69, 9.17) is 5.73 Å². The van der Waals surface area contributed by atoms with Gasteiger partial charge < -0.3 is 10.3 Å². The molecular weight excluding hydrogens is 222 g/mol. The molecule has 1 aromatic rings. The third-order valence-electron chi connectivity index (χ3n) is 4.66. The average Bonchev–Trinajstić information content (AvgIpc) is 3.00. The molecule has 0 bridgehead atoms. The van der Waals surface area contributed by atoms with Crippen LogP contribution in [0.1, 0.15) is 64.1 Å². The van der Waals surface area contributed by atoms with Gasteiger partial charge in [-0.1, -0.05) is 26.7 Å². The van der Waals surface area contributed by atoms with E-state index >= 15 is 0 Å². The third kappa shape index (κ3) is 2.61. The smallest absolute Gasteiger partial charge is 0.0950 e. The lowest BCUT2D eigenvalue weighted by Crippen LogP contribution is -2.24. The van der Waals surface area contributed by atoms with Crippen molar-refractivity contribution in [3.8, 4) is 0 Å². The van der Waals surface area contributed by atoms with Crippen LogP contribution < -0.4 is 5.73 Å². The molecule has 0 amide bonds. The fourth-order valence-electron chi connectivity index (χ4n) is 3.34. The van der Waals surface area contributed by atoms with Crippen molar-refractivity contribution in [2.24, 2.45) is 17.6 Å². The van der Waals surface area contributed by atoms with Gasteiger partial charge in [0, 0.05) is 30.4 Å². The highest BCUT2D eigenvalue weighted by Gasteiger charge is 2.26. The molecule has 0 aromatic carbocycles. The summed E-state index contributed by atoms with van der Waals surface area (Å²) in [4.78, 5) is 4.37. The van der Waals surface area contributed by atoms with E-state index in [2.05, 4.69) is 30.3 Å². The Hall–Kier alpha value is -0.830. The molecule has 0 spiro atoms. The summed E-state index contributed by atoms with van der Waals surface area (Å²) >= 11 is 0. The molecule has 2 rings (SSSR count). The van der Waals surface area contributed by atoms with Crippen molar-refractivity contribution < 1.29 is 0 Å². The first-order valence-corrected chi connectivity index (χ1v) is 7.37. The molecule has 2 N–H and O–H groups in total. The van der Waals surface area contributed by atoms with Gasteiger partial charge in [-0.2, -0.15) is 0 Å². The van der Waals surface area contributed by atoms with E-state index in [1.54, 1.807) is 0 Å². The topological polar surface area (TPSA) is 43.8 Å². The van der Waals surface area contributed by atoms with E-state index in [0.717, 1.165) is 5.92 Å². The quantitative estimate of drug-likeness (QED) is 0.870. The summed E-state index contributed by atoms with van der Waals surface area (Å²) in [5.74, 6) is 1.82. The summed E-state index contributed by atoms with van der Waals surface area (Å²) in [5, 5.41) is 0. The van der Waals surface area contributed by atoms with Crippen molar-refractivity contribution in [1.82, 2.24) is 9.55 Å². The molecule has 18 heavy (non-hydrogen) atoms. The lowest BCUT2D eigenvalue weighted by atomic mass is 9.91. The Morgan fingerprint density at radius 2 is 2.00 bits per heavy atom. The Balaban J connectivity index is 2.20. The van der Waals surface area contributed by atoms with Crippen LogP contribution in [0.5, 0.6) is 0 Å². The number of imidazole rings is 1. The van der Waals surface area contributed by atoms with Crippen LogP contribution in [0.25, 0.3) is 0 Å². The lowest BCUT2D eigenvalue weighted by Gasteiger charge is -2.27. The number of nitrogens with zero attached hydrogens (tertiary/aromatic N) is 2. The molecule has 2 unspecified atom stereocenters. The molecule has 1 saturated carbocycles. The molecule has 0 radical (unpaired) electrons. The van der Waals surface area contributed by atoms with Gasteiger partial charge >= 0.3 is 0 Å². The monoisotopic (exact) mass is 249 g/mol. The van der Waals surface area contributed by atoms with E-state index in [1.165, 1.54) is 31.4 Å². The van der Waals surface area contributed by atoms with E-state index < -0.39 is 0 Å². The van der Waals surface area contributed by atoms with Gasteiger partial charge in [-0.3, -0.25) is 0 Å². The first-order chi connectivity index (χ1) is 8.65. The Kier molecular flexibility index (Phi) is 4.44. The zero-order valence-corrected chi connectivity index (χ0v) is 12.0. The molecule has 1 aliphatic rings. The summed E-state index contributed by atoms with van der Waals surface area (Å²) in [6, 6.07) is 0.567. The number of hydrogen-bond donors (Lipinski definition) is 1. The van der Waals surface area contributed by atoms with Crippen molar-refractivity contribution in [2.45, 2.75) is 58.4 Å². The maximum atomic E-state index is 5.95. The normalized spacial score (nSPS) is 20.5. The molecular formula is C15H27N3. The summed E-state index contributed by atoms with van der Waals surface area (Å²) in [7, 11) is 0. The van der Waals surface area contributed by atoms with Crippen LogP contribution in [0.15, 0.2) is 12.5 Å². The Labute approximate surface area is 111 Å².